The first-order valence-electron chi connectivity index (χ1n) is 6.89. The number of hydrogen-bond acceptors (Lipinski definition) is 5. The number of amides is 1. The largest absolute Gasteiger partial charge is 0.480 e. The van der Waals surface area contributed by atoms with E-state index in [1.807, 2.05) is 17.5 Å². The second-order valence-electron chi connectivity index (χ2n) is 4.80. The van der Waals surface area contributed by atoms with Gasteiger partial charge >= 0.3 is 5.97 Å². The molecule has 2 heterocycles. The maximum Gasteiger partial charge on any atom is 0.327 e. The Labute approximate surface area is 137 Å². The van der Waals surface area contributed by atoms with E-state index in [-0.39, 0.29) is 11.3 Å². The van der Waals surface area contributed by atoms with Crippen LogP contribution in [-0.2, 0) is 15.3 Å². The van der Waals surface area contributed by atoms with Gasteiger partial charge in [-0.3, -0.25) is 4.79 Å². The van der Waals surface area contributed by atoms with Crippen molar-refractivity contribution in [1.82, 2.24) is 4.90 Å². The van der Waals surface area contributed by atoms with Crippen molar-refractivity contribution in [2.24, 2.45) is 0 Å². The number of carboxylic acid groups (broad SMARTS) is 1. The molecule has 0 aromatic carbocycles. The molecule has 0 radical (unpaired) electrons. The summed E-state index contributed by atoms with van der Waals surface area (Å²) in [4.78, 5) is 26.6. The summed E-state index contributed by atoms with van der Waals surface area (Å²) in [5.41, 5.74) is 0. The van der Waals surface area contributed by atoms with Gasteiger partial charge in [0.1, 0.15) is 6.04 Å². The third kappa shape index (κ3) is 4.40. The van der Waals surface area contributed by atoms with Gasteiger partial charge in [-0.15, -0.1) is 34.9 Å². The van der Waals surface area contributed by atoms with Crippen LogP contribution < -0.4 is 0 Å². The van der Waals surface area contributed by atoms with Crippen molar-refractivity contribution in [3.05, 3.63) is 22.4 Å². The van der Waals surface area contributed by atoms with Gasteiger partial charge in [0.15, 0.2) is 0 Å². The summed E-state index contributed by atoms with van der Waals surface area (Å²) in [7, 11) is 0. The molecule has 116 valence electrons. The normalized spacial score (nSPS) is 21.7. The maximum absolute atomic E-state index is 12.4. The summed E-state index contributed by atoms with van der Waals surface area (Å²) in [6.45, 7) is 2.06. The van der Waals surface area contributed by atoms with E-state index in [1.54, 1.807) is 39.8 Å². The summed E-state index contributed by atoms with van der Waals surface area (Å²) in [6.07, 6.45) is 1.81. The quantitative estimate of drug-likeness (QED) is 0.823. The Hall–Kier alpha value is -0.660. The first-order valence-corrected chi connectivity index (χ1v) is 9.97. The van der Waals surface area contributed by atoms with Crippen molar-refractivity contribution >= 4 is 46.7 Å². The molecular weight excluding hydrogens is 326 g/mol. The molecule has 1 amide bonds. The molecule has 0 saturated carbocycles. The zero-order chi connectivity index (χ0) is 15.2. The molecule has 1 N–H and O–H groups in total. The highest BCUT2D eigenvalue weighted by molar-refractivity contribution is 8.00. The van der Waals surface area contributed by atoms with Crippen LogP contribution in [0.4, 0.5) is 0 Å². The first-order chi connectivity index (χ1) is 10.1. The van der Waals surface area contributed by atoms with Crippen LogP contribution in [0.5, 0.6) is 0 Å². The number of thiophene rings is 1. The number of nitrogens with zero attached hydrogens (tertiary/aromatic N) is 1. The Morgan fingerprint density at radius 1 is 1.52 bits per heavy atom. The minimum absolute atomic E-state index is 0.0194. The van der Waals surface area contributed by atoms with Gasteiger partial charge in [0.2, 0.25) is 5.91 Å². The Balaban J connectivity index is 1.91. The number of carbonyl (C=O) groups is 2. The third-order valence-corrected chi connectivity index (χ3v) is 6.63. The second-order valence-corrected chi connectivity index (χ2v) is 8.03. The molecule has 1 saturated heterocycles. The van der Waals surface area contributed by atoms with Crippen LogP contribution in [-0.4, -0.2) is 44.8 Å². The molecule has 7 heteroatoms. The van der Waals surface area contributed by atoms with Crippen molar-refractivity contribution in [1.29, 1.82) is 0 Å². The van der Waals surface area contributed by atoms with Crippen LogP contribution in [0.3, 0.4) is 0 Å². The van der Waals surface area contributed by atoms with Crippen molar-refractivity contribution in [2.75, 3.05) is 11.5 Å². The zero-order valence-corrected chi connectivity index (χ0v) is 14.3. The summed E-state index contributed by atoms with van der Waals surface area (Å²) in [6, 6.07) is 3.38. The molecule has 1 fully saturated rings. The standard InChI is InChI=1S/C14H19NO3S3/c1-2-4-13-15(11(8-21-13)14(17)18)12(16)9-19-7-10-5-3-6-20-10/h3,5-6,11,13H,2,4,7-9H2,1H3,(H,17,18). The van der Waals surface area contributed by atoms with Gasteiger partial charge in [-0.05, 0) is 17.9 Å². The van der Waals surface area contributed by atoms with Crippen LogP contribution >= 0.6 is 34.9 Å². The SMILES string of the molecule is CCCC1SCC(C(=O)O)N1C(=O)CSCc1cccs1. The first kappa shape index (κ1) is 16.7. The van der Waals surface area contributed by atoms with E-state index in [4.69, 9.17) is 0 Å². The van der Waals surface area contributed by atoms with Crippen LogP contribution in [0.15, 0.2) is 17.5 Å². The van der Waals surface area contributed by atoms with Gasteiger partial charge in [0.05, 0.1) is 11.1 Å². The molecule has 0 spiro atoms. The molecule has 4 nitrogen and oxygen atoms in total. The van der Waals surface area contributed by atoms with E-state index in [1.165, 1.54) is 4.88 Å². The number of carboxylic acids is 1. The summed E-state index contributed by atoms with van der Waals surface area (Å²) < 4.78 is 0. The molecule has 1 aromatic heterocycles. The Morgan fingerprint density at radius 3 is 2.95 bits per heavy atom. The zero-order valence-electron chi connectivity index (χ0n) is 11.9. The van der Waals surface area contributed by atoms with E-state index in [0.29, 0.717) is 11.5 Å². The molecule has 2 atom stereocenters. The predicted molar refractivity (Wildman–Crippen MR) is 89.9 cm³/mol. The number of thioether (sulfide) groups is 2. The Kier molecular flexibility index (Phi) is 6.44. The van der Waals surface area contributed by atoms with Crippen LogP contribution in [0.1, 0.15) is 24.6 Å². The van der Waals surface area contributed by atoms with Gasteiger partial charge in [0, 0.05) is 16.4 Å². The van der Waals surface area contributed by atoms with Crippen molar-refractivity contribution < 1.29 is 14.7 Å². The highest BCUT2D eigenvalue weighted by atomic mass is 32.2. The van der Waals surface area contributed by atoms with Crippen molar-refractivity contribution in [2.45, 2.75) is 36.9 Å². The Morgan fingerprint density at radius 2 is 2.33 bits per heavy atom. The number of carbonyl (C=O) groups excluding carboxylic acids is 1. The van der Waals surface area contributed by atoms with E-state index in [0.717, 1.165) is 18.6 Å². The summed E-state index contributed by atoms with van der Waals surface area (Å²) in [5, 5.41) is 11.3. The van der Waals surface area contributed by atoms with Gasteiger partial charge in [-0.1, -0.05) is 19.4 Å². The molecular formula is C14H19NO3S3. The molecule has 2 unspecified atom stereocenters. The van der Waals surface area contributed by atoms with E-state index >= 15 is 0 Å². The lowest BCUT2D eigenvalue weighted by molar-refractivity contribution is -0.148. The average molecular weight is 346 g/mol. The molecule has 1 aliphatic heterocycles. The fourth-order valence-corrected chi connectivity index (χ4v) is 5.54. The van der Waals surface area contributed by atoms with E-state index < -0.39 is 12.0 Å². The summed E-state index contributed by atoms with van der Waals surface area (Å²) in [5.74, 6) is 0.717. The molecule has 0 aliphatic carbocycles. The van der Waals surface area contributed by atoms with Crippen molar-refractivity contribution in [3.8, 4) is 0 Å². The lowest BCUT2D eigenvalue weighted by atomic mass is 10.2. The van der Waals surface area contributed by atoms with Crippen LogP contribution in [0.2, 0.25) is 0 Å². The fraction of sp³-hybridized carbons (Fsp3) is 0.571. The van der Waals surface area contributed by atoms with Gasteiger partial charge < -0.3 is 10.0 Å². The maximum atomic E-state index is 12.4. The van der Waals surface area contributed by atoms with E-state index in [9.17, 15) is 14.7 Å². The predicted octanol–water partition coefficient (Wildman–Crippen LogP) is 3.14. The van der Waals surface area contributed by atoms with Crippen molar-refractivity contribution in [3.63, 3.8) is 0 Å². The lowest BCUT2D eigenvalue weighted by Crippen LogP contribution is -2.46. The summed E-state index contributed by atoms with van der Waals surface area (Å²) >= 11 is 4.82. The number of rotatable bonds is 7. The monoisotopic (exact) mass is 345 g/mol. The highest BCUT2D eigenvalue weighted by Gasteiger charge is 2.40. The molecule has 1 aromatic rings. The highest BCUT2D eigenvalue weighted by Crippen LogP contribution is 2.33. The van der Waals surface area contributed by atoms with Gasteiger partial charge in [-0.25, -0.2) is 4.79 Å². The lowest BCUT2D eigenvalue weighted by Gasteiger charge is -2.27. The minimum Gasteiger partial charge on any atom is -0.480 e. The number of hydrogen-bond donors (Lipinski definition) is 1. The smallest absolute Gasteiger partial charge is 0.327 e. The Bertz CT molecular complexity index is 478. The fourth-order valence-electron chi connectivity index (χ4n) is 2.27. The van der Waals surface area contributed by atoms with Gasteiger partial charge in [-0.2, -0.15) is 0 Å². The molecule has 0 bridgehead atoms. The third-order valence-electron chi connectivity index (χ3n) is 3.25. The second kappa shape index (κ2) is 8.10. The molecule has 1 aliphatic rings. The van der Waals surface area contributed by atoms with Crippen LogP contribution in [0.25, 0.3) is 0 Å². The van der Waals surface area contributed by atoms with Crippen LogP contribution in [0, 0.1) is 0 Å². The van der Waals surface area contributed by atoms with Gasteiger partial charge in [0.25, 0.3) is 0 Å². The van der Waals surface area contributed by atoms with E-state index in [2.05, 4.69) is 6.92 Å². The average Bonchev–Trinajstić information content (AvgIpc) is 3.08. The number of aliphatic carboxylic acids is 1. The molecule has 21 heavy (non-hydrogen) atoms. The topological polar surface area (TPSA) is 57.6 Å². The molecule has 2 rings (SSSR count). The minimum atomic E-state index is -0.891.